The number of carbonyl (C=O) groups is 1. The molecule has 0 radical (unpaired) electrons. The normalized spacial score (nSPS) is 17.1. The molecule has 1 fully saturated rings. The van der Waals surface area contributed by atoms with E-state index in [-0.39, 0.29) is 5.97 Å². The standard InChI is InChI=1S/C13H26N2O4/c1-17-10-11-18-8-3-9-19-13(16)12-15-6-2-4-14-5-7-15/h14H,2-12H2,1H3. The molecule has 6 nitrogen and oxygen atoms in total. The minimum Gasteiger partial charge on any atom is -0.465 e. The summed E-state index contributed by atoms with van der Waals surface area (Å²) >= 11 is 0. The van der Waals surface area contributed by atoms with Crippen molar-refractivity contribution in [3.8, 4) is 0 Å². The third-order valence-corrected chi connectivity index (χ3v) is 2.91. The largest absolute Gasteiger partial charge is 0.465 e. The Labute approximate surface area is 115 Å². The molecule has 0 aromatic heterocycles. The highest BCUT2D eigenvalue weighted by atomic mass is 16.5. The predicted molar refractivity (Wildman–Crippen MR) is 72.2 cm³/mol. The van der Waals surface area contributed by atoms with Gasteiger partial charge in [-0.2, -0.15) is 0 Å². The third-order valence-electron chi connectivity index (χ3n) is 2.91. The SMILES string of the molecule is COCCOCCCOC(=O)CN1CCCNCC1. The fraction of sp³-hybridized carbons (Fsp3) is 0.923. The van der Waals surface area contributed by atoms with E-state index in [4.69, 9.17) is 14.2 Å². The lowest BCUT2D eigenvalue weighted by atomic mass is 10.4. The van der Waals surface area contributed by atoms with Gasteiger partial charge >= 0.3 is 5.97 Å². The first kappa shape index (κ1) is 16.4. The summed E-state index contributed by atoms with van der Waals surface area (Å²) < 4.78 is 15.3. The zero-order chi connectivity index (χ0) is 13.8. The Bertz CT molecular complexity index is 231. The molecule has 1 heterocycles. The first-order chi connectivity index (χ1) is 9.33. The second-order valence-electron chi connectivity index (χ2n) is 4.56. The molecule has 0 aromatic rings. The summed E-state index contributed by atoms with van der Waals surface area (Å²) in [6.45, 7) is 6.46. The van der Waals surface area contributed by atoms with Gasteiger partial charge in [0, 0.05) is 33.2 Å². The lowest BCUT2D eigenvalue weighted by Crippen LogP contribution is -2.34. The van der Waals surface area contributed by atoms with Crippen molar-refractivity contribution in [2.75, 3.05) is 66.3 Å². The molecule has 0 spiro atoms. The second-order valence-corrected chi connectivity index (χ2v) is 4.56. The Morgan fingerprint density at radius 1 is 1.16 bits per heavy atom. The summed E-state index contributed by atoms with van der Waals surface area (Å²) in [5.41, 5.74) is 0. The zero-order valence-electron chi connectivity index (χ0n) is 11.9. The number of nitrogens with zero attached hydrogens (tertiary/aromatic N) is 1. The number of hydrogen-bond donors (Lipinski definition) is 1. The molecule has 0 aliphatic carbocycles. The van der Waals surface area contributed by atoms with Crippen LogP contribution in [0.5, 0.6) is 0 Å². The maximum absolute atomic E-state index is 11.6. The van der Waals surface area contributed by atoms with E-state index in [2.05, 4.69) is 10.2 Å². The maximum Gasteiger partial charge on any atom is 0.320 e. The second kappa shape index (κ2) is 11.2. The summed E-state index contributed by atoms with van der Waals surface area (Å²) in [4.78, 5) is 13.7. The zero-order valence-corrected chi connectivity index (χ0v) is 11.9. The quantitative estimate of drug-likeness (QED) is 0.467. The van der Waals surface area contributed by atoms with Crippen LogP contribution in [0.4, 0.5) is 0 Å². The van der Waals surface area contributed by atoms with Gasteiger partial charge in [-0.3, -0.25) is 9.69 Å². The van der Waals surface area contributed by atoms with E-state index < -0.39 is 0 Å². The van der Waals surface area contributed by atoms with Gasteiger partial charge in [0.1, 0.15) is 0 Å². The van der Waals surface area contributed by atoms with Gasteiger partial charge in [0.15, 0.2) is 0 Å². The molecule has 1 aliphatic rings. The third kappa shape index (κ3) is 8.93. The summed E-state index contributed by atoms with van der Waals surface area (Å²) in [5, 5.41) is 3.31. The molecule has 0 aromatic carbocycles. The van der Waals surface area contributed by atoms with Crippen molar-refractivity contribution in [2.24, 2.45) is 0 Å². The summed E-state index contributed by atoms with van der Waals surface area (Å²) in [6.07, 6.45) is 1.82. The molecule has 0 saturated carbocycles. The Morgan fingerprint density at radius 3 is 2.89 bits per heavy atom. The smallest absolute Gasteiger partial charge is 0.320 e. The van der Waals surface area contributed by atoms with Crippen molar-refractivity contribution in [2.45, 2.75) is 12.8 Å². The van der Waals surface area contributed by atoms with Crippen LogP contribution in [0.15, 0.2) is 0 Å². The van der Waals surface area contributed by atoms with Gasteiger partial charge in [-0.05, 0) is 19.5 Å². The van der Waals surface area contributed by atoms with Gasteiger partial charge in [0.2, 0.25) is 0 Å². The Balaban J connectivity index is 1.95. The van der Waals surface area contributed by atoms with E-state index in [9.17, 15) is 4.79 Å². The van der Waals surface area contributed by atoms with Crippen molar-refractivity contribution in [1.82, 2.24) is 10.2 Å². The van der Waals surface area contributed by atoms with Crippen molar-refractivity contribution in [3.05, 3.63) is 0 Å². The average molecular weight is 274 g/mol. The summed E-state index contributed by atoms with van der Waals surface area (Å²) in [7, 11) is 1.64. The van der Waals surface area contributed by atoms with Crippen molar-refractivity contribution in [1.29, 1.82) is 0 Å². The van der Waals surface area contributed by atoms with E-state index in [1.54, 1.807) is 7.11 Å². The van der Waals surface area contributed by atoms with Gasteiger partial charge in [0.25, 0.3) is 0 Å². The first-order valence-corrected chi connectivity index (χ1v) is 6.98. The van der Waals surface area contributed by atoms with Crippen LogP contribution in [0.3, 0.4) is 0 Å². The maximum atomic E-state index is 11.6. The monoisotopic (exact) mass is 274 g/mol. The fourth-order valence-electron chi connectivity index (χ4n) is 1.88. The van der Waals surface area contributed by atoms with Crippen molar-refractivity contribution >= 4 is 5.97 Å². The van der Waals surface area contributed by atoms with Crippen LogP contribution < -0.4 is 5.32 Å². The molecule has 0 bridgehead atoms. The highest BCUT2D eigenvalue weighted by molar-refractivity contribution is 5.71. The Hall–Kier alpha value is -0.690. The van der Waals surface area contributed by atoms with E-state index in [0.717, 1.165) is 39.0 Å². The molecule has 1 rings (SSSR count). The lowest BCUT2D eigenvalue weighted by molar-refractivity contribution is -0.145. The van der Waals surface area contributed by atoms with Crippen molar-refractivity contribution in [3.63, 3.8) is 0 Å². The number of hydrogen-bond acceptors (Lipinski definition) is 6. The van der Waals surface area contributed by atoms with Gasteiger partial charge < -0.3 is 19.5 Å². The minimum atomic E-state index is -0.140. The number of methoxy groups -OCH3 is 1. The Kier molecular flexibility index (Phi) is 9.61. The van der Waals surface area contributed by atoms with E-state index in [0.29, 0.717) is 33.0 Å². The van der Waals surface area contributed by atoms with E-state index >= 15 is 0 Å². The number of ether oxygens (including phenoxy) is 3. The number of carbonyl (C=O) groups excluding carboxylic acids is 1. The molecule has 1 saturated heterocycles. The van der Waals surface area contributed by atoms with E-state index in [1.165, 1.54) is 0 Å². The van der Waals surface area contributed by atoms with Crippen LogP contribution in [0.1, 0.15) is 12.8 Å². The van der Waals surface area contributed by atoms with Gasteiger partial charge in [0.05, 0.1) is 26.4 Å². The van der Waals surface area contributed by atoms with Crippen LogP contribution in [0.25, 0.3) is 0 Å². The first-order valence-electron chi connectivity index (χ1n) is 6.98. The average Bonchev–Trinajstić information content (AvgIpc) is 2.66. The highest BCUT2D eigenvalue weighted by Crippen LogP contribution is 1.96. The molecule has 0 unspecified atom stereocenters. The molecule has 0 atom stereocenters. The molecule has 19 heavy (non-hydrogen) atoms. The molecule has 6 heteroatoms. The topological polar surface area (TPSA) is 60.0 Å². The highest BCUT2D eigenvalue weighted by Gasteiger charge is 2.13. The number of esters is 1. The minimum absolute atomic E-state index is 0.140. The molecule has 112 valence electrons. The molecule has 1 N–H and O–H groups in total. The van der Waals surface area contributed by atoms with Crippen LogP contribution in [0, 0.1) is 0 Å². The number of nitrogens with one attached hydrogen (secondary N) is 1. The number of rotatable bonds is 9. The van der Waals surface area contributed by atoms with E-state index in [1.807, 2.05) is 0 Å². The summed E-state index contributed by atoms with van der Waals surface area (Å²) in [6, 6.07) is 0. The van der Waals surface area contributed by atoms with Crippen LogP contribution in [-0.2, 0) is 19.0 Å². The van der Waals surface area contributed by atoms with Gasteiger partial charge in [-0.1, -0.05) is 0 Å². The molecule has 0 amide bonds. The molecule has 1 aliphatic heterocycles. The van der Waals surface area contributed by atoms with Gasteiger partial charge in [-0.25, -0.2) is 0 Å². The molecular weight excluding hydrogens is 248 g/mol. The predicted octanol–water partition coefficient (Wildman–Crippen LogP) is -0.122. The van der Waals surface area contributed by atoms with Crippen molar-refractivity contribution < 1.29 is 19.0 Å². The van der Waals surface area contributed by atoms with Crippen LogP contribution in [0.2, 0.25) is 0 Å². The lowest BCUT2D eigenvalue weighted by Gasteiger charge is -2.18. The van der Waals surface area contributed by atoms with Crippen LogP contribution >= 0.6 is 0 Å². The summed E-state index contributed by atoms with van der Waals surface area (Å²) in [5.74, 6) is -0.140. The fourth-order valence-corrected chi connectivity index (χ4v) is 1.88. The Morgan fingerprint density at radius 2 is 2.05 bits per heavy atom. The van der Waals surface area contributed by atoms with Gasteiger partial charge in [-0.15, -0.1) is 0 Å². The molecular formula is C13H26N2O4. The van der Waals surface area contributed by atoms with Crippen LogP contribution in [-0.4, -0.2) is 77.1 Å².